The molecule has 1 unspecified atom stereocenters. The predicted octanol–water partition coefficient (Wildman–Crippen LogP) is 2.94. The topological polar surface area (TPSA) is 53.3 Å². The highest BCUT2D eigenvalue weighted by atomic mass is 16.6. The van der Waals surface area contributed by atoms with Gasteiger partial charge in [-0.3, -0.25) is 0 Å². The average Bonchev–Trinajstić information content (AvgIpc) is 2.84. The van der Waals surface area contributed by atoms with Gasteiger partial charge in [-0.05, 0) is 46.1 Å². The Labute approximate surface area is 119 Å². The van der Waals surface area contributed by atoms with Crippen molar-refractivity contribution < 1.29 is 14.3 Å². The fraction of sp³-hybridized carbons (Fsp3) is 0.600. The number of hydrogen-bond donors (Lipinski definition) is 0. The van der Waals surface area contributed by atoms with Crippen LogP contribution in [-0.2, 0) is 14.3 Å². The monoisotopic (exact) mass is 278 g/mol. The Kier molecular flexibility index (Phi) is 4.60. The van der Waals surface area contributed by atoms with Crippen LogP contribution in [0.4, 0.5) is 0 Å². The maximum atomic E-state index is 11.6. The summed E-state index contributed by atoms with van der Waals surface area (Å²) in [4.78, 5) is 11.6. The van der Waals surface area contributed by atoms with Crippen LogP contribution in [0.3, 0.4) is 0 Å². The zero-order chi connectivity index (χ0) is 14.6. The van der Waals surface area contributed by atoms with Crippen molar-refractivity contribution in [2.75, 3.05) is 6.61 Å². The minimum absolute atomic E-state index is 0.0208. The Morgan fingerprint density at radius 3 is 2.95 bits per heavy atom. The second-order valence-corrected chi connectivity index (χ2v) is 5.94. The van der Waals surface area contributed by atoms with Crippen molar-refractivity contribution in [3.05, 3.63) is 24.0 Å². The van der Waals surface area contributed by atoms with Crippen molar-refractivity contribution in [3.8, 4) is 0 Å². The lowest BCUT2D eigenvalue weighted by molar-refractivity contribution is -0.148. The molecule has 0 spiro atoms. The molecule has 0 aliphatic carbocycles. The molecule has 0 amide bonds. The summed E-state index contributed by atoms with van der Waals surface area (Å²) in [6.45, 7) is 6.32. The van der Waals surface area contributed by atoms with E-state index >= 15 is 0 Å². The van der Waals surface area contributed by atoms with Crippen LogP contribution in [0.2, 0.25) is 0 Å². The molecule has 0 N–H and O–H groups in total. The molecule has 0 aromatic carbocycles. The van der Waals surface area contributed by atoms with Crippen LogP contribution in [-0.4, -0.2) is 28.0 Å². The Hall–Kier alpha value is -1.62. The van der Waals surface area contributed by atoms with Crippen LogP contribution in [0.5, 0.6) is 0 Å². The number of aromatic nitrogens is 2. The number of hydrogen-bond acceptors (Lipinski definition) is 4. The molecule has 1 saturated heterocycles. The lowest BCUT2D eigenvalue weighted by atomic mass is 10.2. The van der Waals surface area contributed by atoms with E-state index in [4.69, 9.17) is 9.47 Å². The van der Waals surface area contributed by atoms with Gasteiger partial charge in [0.25, 0.3) is 0 Å². The van der Waals surface area contributed by atoms with Crippen molar-refractivity contribution in [2.45, 2.75) is 51.9 Å². The van der Waals surface area contributed by atoms with Gasteiger partial charge in [0.2, 0.25) is 0 Å². The molecule has 1 aliphatic rings. The number of nitrogens with zero attached hydrogens (tertiary/aromatic N) is 2. The molecule has 1 fully saturated rings. The smallest absolute Gasteiger partial charge is 0.331 e. The molecule has 0 radical (unpaired) electrons. The molecule has 2 rings (SSSR count). The van der Waals surface area contributed by atoms with E-state index in [1.54, 1.807) is 12.3 Å². The number of carbonyl (C=O) groups is 1. The second-order valence-electron chi connectivity index (χ2n) is 5.94. The van der Waals surface area contributed by atoms with Crippen LogP contribution in [0, 0.1) is 0 Å². The second kappa shape index (κ2) is 6.22. The first-order valence-electron chi connectivity index (χ1n) is 7.01. The zero-order valence-corrected chi connectivity index (χ0v) is 12.3. The molecule has 2 heterocycles. The summed E-state index contributed by atoms with van der Waals surface area (Å²) >= 11 is 0. The molecular weight excluding hydrogens is 256 g/mol. The van der Waals surface area contributed by atoms with Crippen molar-refractivity contribution in [1.29, 1.82) is 0 Å². The summed E-state index contributed by atoms with van der Waals surface area (Å²) in [6, 6.07) is 0. The summed E-state index contributed by atoms with van der Waals surface area (Å²) in [7, 11) is 0. The molecule has 1 aromatic rings. The van der Waals surface area contributed by atoms with Gasteiger partial charge in [-0.1, -0.05) is 0 Å². The van der Waals surface area contributed by atoms with Gasteiger partial charge in [0.05, 0.1) is 6.20 Å². The number of carbonyl (C=O) groups excluding carboxylic acids is 1. The van der Waals surface area contributed by atoms with Gasteiger partial charge in [0.15, 0.2) is 0 Å². The van der Waals surface area contributed by atoms with Crippen LogP contribution in [0.15, 0.2) is 18.5 Å². The van der Waals surface area contributed by atoms with Gasteiger partial charge in [-0.25, -0.2) is 9.48 Å². The van der Waals surface area contributed by atoms with Gasteiger partial charge in [0.1, 0.15) is 11.8 Å². The van der Waals surface area contributed by atoms with E-state index in [9.17, 15) is 4.79 Å². The van der Waals surface area contributed by atoms with Crippen LogP contribution < -0.4 is 0 Å². The predicted molar refractivity (Wildman–Crippen MR) is 75.9 cm³/mol. The molecule has 5 heteroatoms. The molecule has 1 aliphatic heterocycles. The van der Waals surface area contributed by atoms with Crippen LogP contribution >= 0.6 is 0 Å². The largest absolute Gasteiger partial charge is 0.457 e. The molecule has 20 heavy (non-hydrogen) atoms. The summed E-state index contributed by atoms with van der Waals surface area (Å²) < 4.78 is 12.7. The Balaban J connectivity index is 1.93. The Bertz CT molecular complexity index is 480. The maximum Gasteiger partial charge on any atom is 0.331 e. The third-order valence-corrected chi connectivity index (χ3v) is 2.89. The van der Waals surface area contributed by atoms with E-state index in [0.717, 1.165) is 31.4 Å². The highest BCUT2D eigenvalue weighted by Crippen LogP contribution is 2.22. The zero-order valence-electron chi connectivity index (χ0n) is 12.3. The van der Waals surface area contributed by atoms with E-state index in [1.807, 2.05) is 31.6 Å². The molecule has 110 valence electrons. The fourth-order valence-electron chi connectivity index (χ4n) is 2.03. The molecule has 0 saturated carbocycles. The molecule has 1 atom stereocenters. The normalized spacial score (nSPS) is 20.2. The first kappa shape index (κ1) is 14.8. The molecule has 1 aromatic heterocycles. The third-order valence-electron chi connectivity index (χ3n) is 2.89. The van der Waals surface area contributed by atoms with Crippen molar-refractivity contribution in [3.63, 3.8) is 0 Å². The summed E-state index contributed by atoms with van der Waals surface area (Å²) in [6.07, 6.45) is 10.0. The lowest BCUT2D eigenvalue weighted by Crippen LogP contribution is -2.22. The van der Waals surface area contributed by atoms with Crippen LogP contribution in [0.1, 0.15) is 51.8 Å². The van der Waals surface area contributed by atoms with Crippen molar-refractivity contribution in [2.24, 2.45) is 0 Å². The van der Waals surface area contributed by atoms with Crippen molar-refractivity contribution >= 4 is 12.0 Å². The molecule has 5 nitrogen and oxygen atoms in total. The number of esters is 1. The van der Waals surface area contributed by atoms with E-state index in [-0.39, 0.29) is 12.2 Å². The van der Waals surface area contributed by atoms with Gasteiger partial charge in [-0.2, -0.15) is 5.10 Å². The van der Waals surface area contributed by atoms with Gasteiger partial charge >= 0.3 is 5.97 Å². The SMILES string of the molecule is CC(C)(C)OC(=O)/C=C/c1cnn(C2CCCCO2)c1. The van der Waals surface area contributed by atoms with Crippen LogP contribution in [0.25, 0.3) is 6.08 Å². The van der Waals surface area contributed by atoms with E-state index in [1.165, 1.54) is 6.08 Å². The van der Waals surface area contributed by atoms with E-state index in [2.05, 4.69) is 5.10 Å². The molecular formula is C15H22N2O3. The Morgan fingerprint density at radius 1 is 1.50 bits per heavy atom. The standard InChI is InChI=1S/C15H22N2O3/c1-15(2,3)20-14(18)8-7-12-10-16-17(11-12)13-6-4-5-9-19-13/h7-8,10-11,13H,4-6,9H2,1-3H3/b8-7+. The molecule has 0 bridgehead atoms. The number of ether oxygens (including phenoxy) is 2. The first-order chi connectivity index (χ1) is 9.44. The van der Waals surface area contributed by atoms with E-state index < -0.39 is 5.60 Å². The van der Waals surface area contributed by atoms with Gasteiger partial charge in [0, 0.05) is 24.4 Å². The quantitative estimate of drug-likeness (QED) is 0.630. The lowest BCUT2D eigenvalue weighted by Gasteiger charge is -2.22. The van der Waals surface area contributed by atoms with Gasteiger partial charge in [-0.15, -0.1) is 0 Å². The average molecular weight is 278 g/mol. The minimum atomic E-state index is -0.471. The summed E-state index contributed by atoms with van der Waals surface area (Å²) in [5, 5.41) is 4.28. The van der Waals surface area contributed by atoms with Gasteiger partial charge < -0.3 is 9.47 Å². The maximum absolute atomic E-state index is 11.6. The highest BCUT2D eigenvalue weighted by Gasteiger charge is 2.16. The first-order valence-corrected chi connectivity index (χ1v) is 7.01. The Morgan fingerprint density at radius 2 is 2.30 bits per heavy atom. The summed E-state index contributed by atoms with van der Waals surface area (Å²) in [5.74, 6) is -0.348. The fourth-order valence-corrected chi connectivity index (χ4v) is 2.03. The summed E-state index contributed by atoms with van der Waals surface area (Å²) in [5.41, 5.74) is 0.395. The highest BCUT2D eigenvalue weighted by molar-refractivity contribution is 5.87. The van der Waals surface area contributed by atoms with E-state index in [0.29, 0.717) is 0 Å². The number of rotatable bonds is 3. The minimum Gasteiger partial charge on any atom is -0.457 e. The third kappa shape index (κ3) is 4.49. The van der Waals surface area contributed by atoms with Crippen molar-refractivity contribution in [1.82, 2.24) is 9.78 Å².